The van der Waals surface area contributed by atoms with Crippen molar-refractivity contribution in [2.24, 2.45) is 22.3 Å². The third-order valence-corrected chi connectivity index (χ3v) is 6.76. The maximum atomic E-state index is 11.7. The van der Waals surface area contributed by atoms with E-state index in [1.54, 1.807) is 24.3 Å². The van der Waals surface area contributed by atoms with Crippen LogP contribution in [-0.2, 0) is 0 Å². The molecular formula is C34H39N13O3. The summed E-state index contributed by atoms with van der Waals surface area (Å²) in [6.45, 7) is 8.95. The lowest BCUT2D eigenvalue weighted by molar-refractivity contribution is 0.0991. The maximum Gasteiger partial charge on any atom is 0.344 e. The minimum absolute atomic E-state index is 0.0309. The van der Waals surface area contributed by atoms with Crippen LogP contribution in [0.15, 0.2) is 78.2 Å². The molecule has 5 rings (SSSR count). The van der Waals surface area contributed by atoms with Crippen molar-refractivity contribution in [1.29, 1.82) is 5.53 Å². The van der Waals surface area contributed by atoms with Gasteiger partial charge >= 0.3 is 6.01 Å². The number of carbonyl (C=O) groups is 2. The Kier molecular flexibility index (Phi) is 12.2. The number of nitrogens with one attached hydrogen (secondary N) is 5. The van der Waals surface area contributed by atoms with Gasteiger partial charge < -0.3 is 38.0 Å². The van der Waals surface area contributed by atoms with E-state index in [1.807, 2.05) is 58.0 Å². The number of rotatable bonds is 13. The first-order valence-corrected chi connectivity index (χ1v) is 15.3. The normalized spacial score (nSPS) is 10.3. The van der Waals surface area contributed by atoms with Crippen LogP contribution in [-0.4, -0.2) is 44.8 Å². The number of benzene rings is 3. The molecule has 16 nitrogen and oxygen atoms in total. The molecule has 2 amide bonds. The predicted molar refractivity (Wildman–Crippen MR) is 193 cm³/mol. The van der Waals surface area contributed by atoms with Crippen LogP contribution in [0.1, 0.15) is 43.0 Å². The fraction of sp³-hybridized carbons (Fsp3) is 0.176. The molecule has 0 unspecified atom stereocenters. The summed E-state index contributed by atoms with van der Waals surface area (Å²) in [5, 5.41) is 12.6. The second-order valence-electron chi connectivity index (χ2n) is 11.2. The second kappa shape index (κ2) is 16.9. The molecule has 0 saturated carbocycles. The topological polar surface area (TPSA) is 257 Å². The van der Waals surface area contributed by atoms with Crippen LogP contribution < -0.4 is 43.5 Å². The Morgan fingerprint density at radius 2 is 1.30 bits per heavy atom. The minimum atomic E-state index is -0.662. The van der Waals surface area contributed by atoms with Crippen LogP contribution >= 0.6 is 0 Å². The summed E-state index contributed by atoms with van der Waals surface area (Å²) in [6, 6.07) is 18.7. The van der Waals surface area contributed by atoms with Crippen LogP contribution in [0.5, 0.6) is 6.01 Å². The van der Waals surface area contributed by atoms with Crippen molar-refractivity contribution in [3.05, 3.63) is 106 Å². The highest BCUT2D eigenvalue weighted by Gasteiger charge is 2.15. The molecule has 0 fully saturated rings. The van der Waals surface area contributed by atoms with E-state index in [2.05, 4.69) is 52.5 Å². The van der Waals surface area contributed by atoms with Gasteiger partial charge in [-0.2, -0.15) is 15.1 Å². The quantitative estimate of drug-likeness (QED) is 0.0582. The van der Waals surface area contributed by atoms with E-state index in [1.165, 1.54) is 12.4 Å². The SMILES string of the molecule is Cc1cc(C)cc(Nc2nc(NCCN)ncc2C(N)=O)c1.Cc1cc(C)cc(Nc2nc(ONc3ccccc3N=N)ncc2C(N)=O)c1. The van der Waals surface area contributed by atoms with Crippen molar-refractivity contribution < 1.29 is 14.4 Å². The molecule has 0 saturated heterocycles. The Morgan fingerprint density at radius 1 is 0.780 bits per heavy atom. The van der Waals surface area contributed by atoms with E-state index >= 15 is 0 Å². The number of nitrogens with zero attached hydrogens (tertiary/aromatic N) is 5. The van der Waals surface area contributed by atoms with Crippen LogP contribution in [0.3, 0.4) is 0 Å². The van der Waals surface area contributed by atoms with Gasteiger partial charge in [0.15, 0.2) is 5.82 Å². The molecule has 258 valence electrons. The highest BCUT2D eigenvalue weighted by molar-refractivity contribution is 5.98. The number of carbonyl (C=O) groups excluding carboxylic acids is 2. The largest absolute Gasteiger partial charge is 0.365 e. The van der Waals surface area contributed by atoms with E-state index in [0.717, 1.165) is 33.6 Å². The number of hydrogen-bond acceptors (Lipinski definition) is 14. The summed E-state index contributed by atoms with van der Waals surface area (Å²) in [7, 11) is 0. The number of nitrogens with two attached hydrogens (primary N) is 3. The molecule has 11 N–H and O–H groups in total. The fourth-order valence-electron chi connectivity index (χ4n) is 4.74. The summed E-state index contributed by atoms with van der Waals surface area (Å²) in [5.74, 6) is -0.265. The maximum absolute atomic E-state index is 11.7. The van der Waals surface area contributed by atoms with Gasteiger partial charge in [-0.3, -0.25) is 9.59 Å². The third-order valence-electron chi connectivity index (χ3n) is 6.76. The van der Waals surface area contributed by atoms with Gasteiger partial charge in [0.2, 0.25) is 5.95 Å². The highest BCUT2D eigenvalue weighted by Crippen LogP contribution is 2.26. The number of para-hydroxylation sites is 2. The first-order chi connectivity index (χ1) is 23.9. The van der Waals surface area contributed by atoms with Crippen LogP contribution in [0.25, 0.3) is 0 Å². The summed E-state index contributed by atoms with van der Waals surface area (Å²) in [5.41, 5.74) is 33.3. The monoisotopic (exact) mass is 677 g/mol. The molecule has 2 heterocycles. The van der Waals surface area contributed by atoms with Gasteiger partial charge in [-0.1, -0.05) is 24.3 Å². The van der Waals surface area contributed by atoms with Gasteiger partial charge in [-0.25, -0.2) is 21.0 Å². The molecule has 16 heteroatoms. The fourth-order valence-corrected chi connectivity index (χ4v) is 4.74. The lowest BCUT2D eigenvalue weighted by atomic mass is 10.1. The van der Waals surface area contributed by atoms with Crippen molar-refractivity contribution >= 4 is 52.1 Å². The Bertz CT molecular complexity index is 1960. The zero-order valence-corrected chi connectivity index (χ0v) is 28.0. The summed E-state index contributed by atoms with van der Waals surface area (Å²) in [4.78, 5) is 45.2. The van der Waals surface area contributed by atoms with Crippen LogP contribution in [0.4, 0.5) is 40.3 Å². The Morgan fingerprint density at radius 3 is 1.82 bits per heavy atom. The average Bonchev–Trinajstić information content (AvgIpc) is 3.06. The molecule has 0 spiro atoms. The molecule has 0 bridgehead atoms. The first kappa shape index (κ1) is 36.2. The van der Waals surface area contributed by atoms with E-state index in [4.69, 9.17) is 27.6 Å². The molecule has 0 radical (unpaired) electrons. The van der Waals surface area contributed by atoms with E-state index < -0.39 is 11.8 Å². The van der Waals surface area contributed by atoms with Gasteiger partial charge in [0.25, 0.3) is 11.8 Å². The smallest absolute Gasteiger partial charge is 0.344 e. The Labute approximate surface area is 288 Å². The zero-order chi connectivity index (χ0) is 36.2. The number of primary amides is 2. The highest BCUT2D eigenvalue weighted by atomic mass is 16.7. The average molecular weight is 678 g/mol. The number of hydrogen-bond donors (Lipinski definition) is 8. The summed E-state index contributed by atoms with van der Waals surface area (Å²) in [6.07, 6.45) is 2.69. The van der Waals surface area contributed by atoms with Crippen molar-refractivity contribution in [2.75, 3.05) is 34.5 Å². The molecule has 0 aliphatic heterocycles. The molecule has 2 aromatic heterocycles. The van der Waals surface area contributed by atoms with Gasteiger partial charge in [0.1, 0.15) is 22.6 Å². The van der Waals surface area contributed by atoms with Crippen molar-refractivity contribution in [2.45, 2.75) is 27.7 Å². The number of amides is 2. The lowest BCUT2D eigenvalue weighted by Gasteiger charge is -2.13. The van der Waals surface area contributed by atoms with Crippen LogP contribution in [0.2, 0.25) is 0 Å². The number of aryl methyl sites for hydroxylation is 4. The molecular weight excluding hydrogens is 638 g/mol. The lowest BCUT2D eigenvalue weighted by Crippen LogP contribution is -2.18. The molecule has 0 atom stereocenters. The summed E-state index contributed by atoms with van der Waals surface area (Å²) >= 11 is 0. The van der Waals surface area contributed by atoms with Gasteiger partial charge in [-0.05, 0) is 86.3 Å². The van der Waals surface area contributed by atoms with E-state index in [0.29, 0.717) is 36.2 Å². The number of anilines is 6. The summed E-state index contributed by atoms with van der Waals surface area (Å²) < 4.78 is 0. The zero-order valence-electron chi connectivity index (χ0n) is 28.0. The third kappa shape index (κ3) is 10.2. The van der Waals surface area contributed by atoms with E-state index in [9.17, 15) is 9.59 Å². The van der Waals surface area contributed by atoms with Crippen molar-refractivity contribution in [3.8, 4) is 6.01 Å². The number of aromatic nitrogens is 4. The molecule has 50 heavy (non-hydrogen) atoms. The Balaban J connectivity index is 0.000000232. The van der Waals surface area contributed by atoms with Crippen LogP contribution in [0, 0.1) is 33.2 Å². The molecule has 5 aromatic rings. The standard InChI is InChI=1S/C19H19N7O2.C15H20N6O/c1-11-7-12(2)9-13(8-11)23-18-14(17(20)27)10-22-19(24-18)28-26-16-6-4-3-5-15(16)25-21;1-9-5-10(2)7-11(6-9)20-14-12(13(17)22)8-19-15(21-14)18-4-3-16/h3-10,21,26H,1-2H3,(H2,20,27)(H,22,23,24);5-8H,3-4,16H2,1-2H3,(H2,17,22)(H2,18,19,20,21). The van der Waals surface area contributed by atoms with E-state index in [-0.39, 0.29) is 23.0 Å². The van der Waals surface area contributed by atoms with Gasteiger partial charge in [0.05, 0.1) is 5.69 Å². The van der Waals surface area contributed by atoms with Gasteiger partial charge in [0, 0.05) is 36.9 Å². The Hall–Kier alpha value is -6.68. The molecule has 3 aromatic carbocycles. The second-order valence-corrected chi connectivity index (χ2v) is 11.2. The molecule has 0 aliphatic rings. The molecule has 0 aliphatic carbocycles. The predicted octanol–water partition coefficient (Wildman–Crippen LogP) is 5.31. The van der Waals surface area contributed by atoms with Crippen molar-refractivity contribution in [1.82, 2.24) is 19.9 Å². The minimum Gasteiger partial charge on any atom is -0.365 e. The van der Waals surface area contributed by atoms with Crippen molar-refractivity contribution in [3.63, 3.8) is 0 Å². The van der Waals surface area contributed by atoms with Gasteiger partial charge in [-0.15, -0.1) is 0 Å². The first-order valence-electron chi connectivity index (χ1n) is 15.3.